The van der Waals surface area contributed by atoms with E-state index in [2.05, 4.69) is 6.92 Å². The quantitative estimate of drug-likeness (QED) is 0.758. The number of ketones is 1. The molecule has 1 aliphatic rings. The van der Waals surface area contributed by atoms with Crippen LogP contribution in [0.5, 0.6) is 0 Å². The van der Waals surface area contributed by atoms with Crippen LogP contribution in [0.3, 0.4) is 0 Å². The van der Waals surface area contributed by atoms with Crippen LogP contribution in [0.1, 0.15) is 46.0 Å². The number of hydrogen-bond donors (Lipinski definition) is 1. The van der Waals surface area contributed by atoms with E-state index in [-0.39, 0.29) is 5.78 Å². The molecule has 0 aliphatic carbocycles. The van der Waals surface area contributed by atoms with Crippen LogP contribution in [-0.2, 0) is 9.53 Å². The van der Waals surface area contributed by atoms with E-state index in [1.54, 1.807) is 0 Å². The van der Waals surface area contributed by atoms with Gasteiger partial charge in [0.1, 0.15) is 0 Å². The van der Waals surface area contributed by atoms with Gasteiger partial charge in [-0.05, 0) is 32.1 Å². The van der Waals surface area contributed by atoms with Gasteiger partial charge in [0, 0.05) is 19.6 Å². The molecule has 88 valence electrons. The number of hydrogen-bond acceptors (Lipinski definition) is 3. The van der Waals surface area contributed by atoms with Crippen molar-refractivity contribution in [3.8, 4) is 0 Å². The molecule has 0 aromatic heterocycles. The highest BCUT2D eigenvalue weighted by Crippen LogP contribution is 2.22. The molecule has 1 atom stereocenters. The third-order valence-electron chi connectivity index (χ3n) is 3.22. The summed E-state index contributed by atoms with van der Waals surface area (Å²) in [5, 5.41) is 0. The van der Waals surface area contributed by atoms with Gasteiger partial charge >= 0.3 is 0 Å². The molecule has 3 heteroatoms. The Morgan fingerprint density at radius 3 is 2.60 bits per heavy atom. The molecule has 0 aromatic rings. The monoisotopic (exact) mass is 213 g/mol. The van der Waals surface area contributed by atoms with Crippen molar-refractivity contribution in [3.05, 3.63) is 0 Å². The van der Waals surface area contributed by atoms with Crippen molar-refractivity contribution in [2.75, 3.05) is 13.2 Å². The molecule has 0 aromatic carbocycles. The zero-order valence-electron chi connectivity index (χ0n) is 9.92. The van der Waals surface area contributed by atoms with Crippen molar-refractivity contribution in [3.63, 3.8) is 0 Å². The van der Waals surface area contributed by atoms with Crippen molar-refractivity contribution < 1.29 is 9.53 Å². The van der Waals surface area contributed by atoms with Gasteiger partial charge in [-0.2, -0.15) is 0 Å². The van der Waals surface area contributed by atoms with Gasteiger partial charge in [-0.25, -0.2) is 0 Å². The molecule has 0 saturated carbocycles. The van der Waals surface area contributed by atoms with Gasteiger partial charge in [0.15, 0.2) is 5.78 Å². The van der Waals surface area contributed by atoms with Crippen molar-refractivity contribution in [1.82, 2.24) is 0 Å². The van der Waals surface area contributed by atoms with Crippen LogP contribution in [0.2, 0.25) is 0 Å². The zero-order chi connectivity index (χ0) is 11.3. The summed E-state index contributed by atoms with van der Waals surface area (Å²) in [7, 11) is 0. The lowest BCUT2D eigenvalue weighted by Gasteiger charge is -2.27. The van der Waals surface area contributed by atoms with Gasteiger partial charge in [-0.3, -0.25) is 4.79 Å². The summed E-state index contributed by atoms with van der Waals surface area (Å²) in [5.41, 5.74) is 5.39. The Kier molecular flexibility index (Phi) is 4.74. The second-order valence-corrected chi connectivity index (χ2v) is 4.85. The lowest BCUT2D eigenvalue weighted by Crippen LogP contribution is -2.45. The molecule has 3 nitrogen and oxygen atoms in total. The minimum atomic E-state index is -0.618. The number of Topliss-reactive ketones (excluding diaryl/α,β-unsaturated/α-hetero) is 1. The molecule has 1 rings (SSSR count). The Labute approximate surface area is 92.4 Å². The molecule has 1 fully saturated rings. The Hall–Kier alpha value is -0.410. The topological polar surface area (TPSA) is 52.3 Å². The van der Waals surface area contributed by atoms with Gasteiger partial charge < -0.3 is 10.5 Å². The van der Waals surface area contributed by atoms with Crippen LogP contribution in [0.4, 0.5) is 0 Å². The highest BCUT2D eigenvalue weighted by atomic mass is 16.5. The van der Waals surface area contributed by atoms with Crippen LogP contribution < -0.4 is 5.73 Å². The Balaban J connectivity index is 2.39. The fraction of sp³-hybridized carbons (Fsp3) is 0.917. The highest BCUT2D eigenvalue weighted by molar-refractivity contribution is 5.87. The number of ether oxygens (including phenoxy) is 1. The van der Waals surface area contributed by atoms with Crippen molar-refractivity contribution in [2.24, 2.45) is 11.7 Å². The molecule has 15 heavy (non-hydrogen) atoms. The van der Waals surface area contributed by atoms with Crippen molar-refractivity contribution in [1.29, 1.82) is 0 Å². The van der Waals surface area contributed by atoms with Gasteiger partial charge in [0.25, 0.3) is 0 Å². The van der Waals surface area contributed by atoms with E-state index in [0.717, 1.165) is 38.9 Å². The first-order chi connectivity index (χ1) is 7.06. The number of carbonyl (C=O) groups is 1. The van der Waals surface area contributed by atoms with E-state index in [9.17, 15) is 4.79 Å². The molecular weight excluding hydrogens is 190 g/mol. The predicted octanol–water partition coefficient (Wildman–Crippen LogP) is 1.89. The van der Waals surface area contributed by atoms with E-state index in [1.807, 2.05) is 6.92 Å². The van der Waals surface area contributed by atoms with Crippen LogP contribution in [0.25, 0.3) is 0 Å². The molecule has 2 N–H and O–H groups in total. The summed E-state index contributed by atoms with van der Waals surface area (Å²) in [6.07, 6.45) is 4.40. The number of rotatable bonds is 5. The first-order valence-corrected chi connectivity index (χ1v) is 5.96. The van der Waals surface area contributed by atoms with Gasteiger partial charge in [0.2, 0.25) is 0 Å². The van der Waals surface area contributed by atoms with E-state index in [0.29, 0.717) is 12.3 Å². The Morgan fingerprint density at radius 1 is 1.47 bits per heavy atom. The van der Waals surface area contributed by atoms with E-state index >= 15 is 0 Å². The van der Waals surface area contributed by atoms with E-state index in [1.165, 1.54) is 0 Å². The summed E-state index contributed by atoms with van der Waals surface area (Å²) >= 11 is 0. The average Bonchev–Trinajstić information content (AvgIpc) is 2.19. The first-order valence-electron chi connectivity index (χ1n) is 5.96. The summed E-state index contributed by atoms with van der Waals surface area (Å²) in [5.74, 6) is 0.710. The third-order valence-corrected chi connectivity index (χ3v) is 3.22. The smallest absolute Gasteiger partial charge is 0.152 e. The molecule has 0 radical (unpaired) electrons. The molecule has 1 saturated heterocycles. The summed E-state index contributed by atoms with van der Waals surface area (Å²) in [6.45, 7) is 5.52. The normalized spacial score (nSPS) is 22.3. The molecule has 0 bridgehead atoms. The fourth-order valence-electron chi connectivity index (χ4n) is 2.10. The second-order valence-electron chi connectivity index (χ2n) is 4.85. The molecule has 0 amide bonds. The van der Waals surface area contributed by atoms with Crippen LogP contribution in [0.15, 0.2) is 0 Å². The number of carbonyl (C=O) groups excluding carboxylic acids is 1. The molecule has 0 spiro atoms. The van der Waals surface area contributed by atoms with Crippen molar-refractivity contribution >= 4 is 5.78 Å². The van der Waals surface area contributed by atoms with Gasteiger partial charge in [-0.1, -0.05) is 13.3 Å². The predicted molar refractivity (Wildman–Crippen MR) is 60.7 cm³/mol. The lowest BCUT2D eigenvalue weighted by molar-refractivity contribution is -0.125. The van der Waals surface area contributed by atoms with Gasteiger partial charge in [0.05, 0.1) is 5.54 Å². The molecule has 1 unspecified atom stereocenters. The van der Waals surface area contributed by atoms with Gasteiger partial charge in [-0.15, -0.1) is 0 Å². The largest absolute Gasteiger partial charge is 0.381 e. The molecular formula is C12H23NO2. The lowest BCUT2D eigenvalue weighted by atomic mass is 9.84. The van der Waals surface area contributed by atoms with Crippen molar-refractivity contribution in [2.45, 2.75) is 51.5 Å². The molecule has 1 aliphatic heterocycles. The minimum Gasteiger partial charge on any atom is -0.381 e. The van der Waals surface area contributed by atoms with Crippen LogP contribution in [-0.4, -0.2) is 24.5 Å². The Morgan fingerprint density at radius 2 is 2.07 bits per heavy atom. The maximum atomic E-state index is 12.0. The van der Waals surface area contributed by atoms with Crippen LogP contribution in [0, 0.1) is 5.92 Å². The maximum absolute atomic E-state index is 12.0. The number of nitrogens with two attached hydrogens (primary N) is 1. The average molecular weight is 213 g/mol. The fourth-order valence-corrected chi connectivity index (χ4v) is 2.10. The van der Waals surface area contributed by atoms with Crippen LogP contribution >= 0.6 is 0 Å². The highest BCUT2D eigenvalue weighted by Gasteiger charge is 2.29. The van der Waals surface area contributed by atoms with E-state index < -0.39 is 5.54 Å². The maximum Gasteiger partial charge on any atom is 0.152 e. The first kappa shape index (κ1) is 12.7. The second kappa shape index (κ2) is 5.61. The standard InChI is InChI=1S/C12H23NO2/c1-3-6-12(2,13)11(14)9-10-4-7-15-8-5-10/h10H,3-9,13H2,1-2H3. The minimum absolute atomic E-state index is 0.219. The zero-order valence-corrected chi connectivity index (χ0v) is 9.92. The Bertz CT molecular complexity index is 208. The summed E-state index contributed by atoms with van der Waals surface area (Å²) < 4.78 is 5.27. The summed E-state index contributed by atoms with van der Waals surface area (Å²) in [4.78, 5) is 12.0. The van der Waals surface area contributed by atoms with E-state index in [4.69, 9.17) is 10.5 Å². The SMILES string of the molecule is CCCC(C)(N)C(=O)CC1CCOCC1. The summed E-state index contributed by atoms with van der Waals surface area (Å²) in [6, 6.07) is 0. The third kappa shape index (κ3) is 3.92. The molecule has 1 heterocycles.